The summed E-state index contributed by atoms with van der Waals surface area (Å²) < 4.78 is 39.0. The van der Waals surface area contributed by atoms with Gasteiger partial charge in [-0.2, -0.15) is 0 Å². The lowest BCUT2D eigenvalue weighted by Gasteiger charge is -2.32. The summed E-state index contributed by atoms with van der Waals surface area (Å²) in [6.07, 6.45) is 1.61. The summed E-state index contributed by atoms with van der Waals surface area (Å²) >= 11 is 0. The summed E-state index contributed by atoms with van der Waals surface area (Å²) in [5.74, 6) is -0.0352. The third kappa shape index (κ3) is 3.77. The number of hydrogen-bond donors (Lipinski definition) is 1. The quantitative estimate of drug-likeness (QED) is 0.921. The molecular weight excluding hydrogens is 279 g/mol. The van der Waals surface area contributed by atoms with Crippen molar-refractivity contribution in [2.24, 2.45) is 11.7 Å². The van der Waals surface area contributed by atoms with Crippen molar-refractivity contribution < 1.29 is 12.8 Å². The predicted octanol–water partition coefficient (Wildman–Crippen LogP) is 1.71. The van der Waals surface area contributed by atoms with E-state index in [2.05, 4.69) is 0 Å². The Morgan fingerprint density at radius 1 is 1.30 bits per heavy atom. The minimum absolute atomic E-state index is 0.0733. The molecule has 0 radical (unpaired) electrons. The molecule has 2 rings (SSSR count). The molecule has 1 atom stereocenters. The zero-order chi connectivity index (χ0) is 14.8. The van der Waals surface area contributed by atoms with Gasteiger partial charge in [-0.1, -0.05) is 12.1 Å². The van der Waals surface area contributed by atoms with E-state index in [1.54, 1.807) is 0 Å². The molecule has 1 heterocycles. The summed E-state index contributed by atoms with van der Waals surface area (Å²) in [6, 6.07) is 5.71. The van der Waals surface area contributed by atoms with E-state index in [1.807, 2.05) is 6.92 Å². The fourth-order valence-electron chi connectivity index (χ4n) is 2.56. The fraction of sp³-hybridized carbons (Fsp3) is 0.571. The number of rotatable bonds is 4. The first-order chi connectivity index (χ1) is 9.38. The molecule has 0 saturated carbocycles. The van der Waals surface area contributed by atoms with Crippen molar-refractivity contribution in [1.29, 1.82) is 0 Å². The van der Waals surface area contributed by atoms with Gasteiger partial charge in [-0.3, -0.25) is 0 Å². The second-order valence-corrected chi connectivity index (χ2v) is 7.45. The van der Waals surface area contributed by atoms with Gasteiger partial charge in [0.1, 0.15) is 5.82 Å². The van der Waals surface area contributed by atoms with Crippen molar-refractivity contribution >= 4 is 10.0 Å². The first-order valence-corrected chi connectivity index (χ1v) is 8.47. The molecule has 0 amide bonds. The van der Waals surface area contributed by atoms with E-state index in [0.29, 0.717) is 24.6 Å². The highest BCUT2D eigenvalue weighted by Crippen LogP contribution is 2.23. The summed E-state index contributed by atoms with van der Waals surface area (Å²) in [5, 5.41) is 0. The third-order valence-corrected chi connectivity index (χ3v) is 5.75. The van der Waals surface area contributed by atoms with Crippen molar-refractivity contribution in [1.82, 2.24) is 4.31 Å². The van der Waals surface area contributed by atoms with Crippen LogP contribution in [0.5, 0.6) is 0 Å². The van der Waals surface area contributed by atoms with Crippen molar-refractivity contribution in [3.8, 4) is 0 Å². The van der Waals surface area contributed by atoms with Crippen LogP contribution in [0.25, 0.3) is 0 Å². The van der Waals surface area contributed by atoms with Gasteiger partial charge in [0, 0.05) is 19.1 Å². The van der Waals surface area contributed by atoms with Crippen molar-refractivity contribution in [3.63, 3.8) is 0 Å². The average molecular weight is 300 g/mol. The minimum atomic E-state index is -3.33. The molecule has 1 aliphatic rings. The Hall–Kier alpha value is -0.980. The Labute approximate surface area is 119 Å². The van der Waals surface area contributed by atoms with E-state index in [9.17, 15) is 12.8 Å². The van der Waals surface area contributed by atoms with E-state index < -0.39 is 10.0 Å². The lowest BCUT2D eigenvalue weighted by atomic mass is 9.92. The zero-order valence-electron chi connectivity index (χ0n) is 11.6. The Morgan fingerprint density at radius 2 is 1.85 bits per heavy atom. The fourth-order valence-corrected chi connectivity index (χ4v) is 4.13. The Balaban J connectivity index is 1.99. The molecule has 0 aliphatic carbocycles. The number of nitrogens with zero attached hydrogens (tertiary/aromatic N) is 1. The van der Waals surface area contributed by atoms with Crippen molar-refractivity contribution in [2.45, 2.75) is 31.6 Å². The van der Waals surface area contributed by atoms with Crippen LogP contribution in [0.1, 0.15) is 25.3 Å². The lowest BCUT2D eigenvalue weighted by molar-refractivity contribution is 0.250. The highest BCUT2D eigenvalue weighted by atomic mass is 32.2. The van der Waals surface area contributed by atoms with E-state index in [0.717, 1.165) is 12.8 Å². The number of nitrogens with two attached hydrogens (primary N) is 1. The van der Waals surface area contributed by atoms with Gasteiger partial charge in [0.2, 0.25) is 10.0 Å². The molecule has 1 saturated heterocycles. The summed E-state index contributed by atoms with van der Waals surface area (Å²) in [4.78, 5) is 0. The summed E-state index contributed by atoms with van der Waals surface area (Å²) in [7, 11) is -3.33. The molecule has 1 fully saturated rings. The van der Waals surface area contributed by atoms with Gasteiger partial charge in [0.15, 0.2) is 0 Å². The predicted molar refractivity (Wildman–Crippen MR) is 77.0 cm³/mol. The molecule has 112 valence electrons. The Morgan fingerprint density at radius 3 is 2.35 bits per heavy atom. The molecule has 0 spiro atoms. The number of hydrogen-bond acceptors (Lipinski definition) is 3. The van der Waals surface area contributed by atoms with Crippen molar-refractivity contribution in [3.05, 3.63) is 35.6 Å². The zero-order valence-corrected chi connectivity index (χ0v) is 12.4. The summed E-state index contributed by atoms with van der Waals surface area (Å²) in [5.41, 5.74) is 6.47. The van der Waals surface area contributed by atoms with Gasteiger partial charge in [0.05, 0.1) is 5.75 Å². The largest absolute Gasteiger partial charge is 0.328 e. The van der Waals surface area contributed by atoms with Crippen LogP contribution in [0.15, 0.2) is 24.3 Å². The SMILES string of the molecule is CC(N)C1CCN(S(=O)(=O)Cc2ccc(F)cc2)CC1. The third-order valence-electron chi connectivity index (χ3n) is 3.90. The molecule has 0 bridgehead atoms. The molecule has 0 aromatic heterocycles. The van der Waals surface area contributed by atoms with Gasteiger partial charge >= 0.3 is 0 Å². The maximum Gasteiger partial charge on any atom is 0.218 e. The van der Waals surface area contributed by atoms with Crippen LogP contribution >= 0.6 is 0 Å². The molecular formula is C14H21FN2O2S. The van der Waals surface area contributed by atoms with Gasteiger partial charge in [-0.15, -0.1) is 0 Å². The van der Waals surface area contributed by atoms with Gasteiger partial charge in [-0.25, -0.2) is 17.1 Å². The standard InChI is InChI=1S/C14H21FN2O2S/c1-11(16)13-6-8-17(9-7-13)20(18,19)10-12-2-4-14(15)5-3-12/h2-5,11,13H,6-10,16H2,1H3. The Bertz CT molecular complexity index is 535. The second-order valence-electron chi connectivity index (χ2n) is 5.48. The normalized spacial score (nSPS) is 19.9. The van der Waals surface area contributed by atoms with Crippen LogP contribution in [0.3, 0.4) is 0 Å². The number of halogens is 1. The van der Waals surface area contributed by atoms with E-state index in [4.69, 9.17) is 5.73 Å². The van der Waals surface area contributed by atoms with Crippen molar-refractivity contribution in [2.75, 3.05) is 13.1 Å². The van der Waals surface area contributed by atoms with Crippen LogP contribution < -0.4 is 5.73 Å². The highest BCUT2D eigenvalue weighted by Gasteiger charge is 2.29. The molecule has 1 aromatic carbocycles. The molecule has 1 unspecified atom stereocenters. The molecule has 4 nitrogen and oxygen atoms in total. The first-order valence-electron chi connectivity index (χ1n) is 6.86. The van der Waals surface area contributed by atoms with Crippen LogP contribution in [-0.2, 0) is 15.8 Å². The average Bonchev–Trinajstić information content (AvgIpc) is 2.41. The van der Waals surface area contributed by atoms with Gasteiger partial charge < -0.3 is 5.73 Å². The topological polar surface area (TPSA) is 63.4 Å². The molecule has 6 heteroatoms. The highest BCUT2D eigenvalue weighted by molar-refractivity contribution is 7.88. The number of piperidine rings is 1. The maximum absolute atomic E-state index is 12.8. The number of benzene rings is 1. The lowest BCUT2D eigenvalue weighted by Crippen LogP contribution is -2.42. The van der Waals surface area contributed by atoms with Crippen LogP contribution in [-0.4, -0.2) is 31.9 Å². The van der Waals surface area contributed by atoms with Gasteiger partial charge in [0.25, 0.3) is 0 Å². The number of sulfonamides is 1. The van der Waals surface area contributed by atoms with E-state index in [-0.39, 0.29) is 17.6 Å². The Kier molecular flexibility index (Phi) is 4.78. The van der Waals surface area contributed by atoms with Crippen LogP contribution in [0, 0.1) is 11.7 Å². The molecule has 1 aromatic rings. The molecule has 1 aliphatic heterocycles. The van der Waals surface area contributed by atoms with E-state index in [1.165, 1.54) is 28.6 Å². The van der Waals surface area contributed by atoms with Crippen LogP contribution in [0.2, 0.25) is 0 Å². The second kappa shape index (κ2) is 6.20. The molecule has 20 heavy (non-hydrogen) atoms. The molecule has 2 N–H and O–H groups in total. The van der Waals surface area contributed by atoms with Gasteiger partial charge in [-0.05, 0) is 43.4 Å². The van der Waals surface area contributed by atoms with Crippen LogP contribution in [0.4, 0.5) is 4.39 Å². The summed E-state index contributed by atoms with van der Waals surface area (Å²) in [6.45, 7) is 3.01. The monoisotopic (exact) mass is 300 g/mol. The smallest absolute Gasteiger partial charge is 0.218 e. The van der Waals surface area contributed by atoms with E-state index >= 15 is 0 Å². The first kappa shape index (κ1) is 15.4. The minimum Gasteiger partial charge on any atom is -0.328 e. The maximum atomic E-state index is 12.8.